The summed E-state index contributed by atoms with van der Waals surface area (Å²) >= 11 is 0. The Morgan fingerprint density at radius 2 is 2.24 bits per heavy atom. The van der Waals surface area contributed by atoms with Crippen molar-refractivity contribution in [2.24, 2.45) is 5.92 Å². The number of ether oxygens (including phenoxy) is 1. The number of carbonyl (C=O) groups excluding carboxylic acids is 1. The quantitative estimate of drug-likeness (QED) is 0.848. The first-order valence-electron chi connectivity index (χ1n) is 7.77. The molecular weight excluding hydrogens is 264 g/mol. The number of aryl methyl sites for hydroxylation is 1. The molecule has 2 atom stereocenters. The number of para-hydroxylation sites is 2. The highest BCUT2D eigenvalue weighted by atomic mass is 16.5. The number of hydrogen-bond donors (Lipinski definition) is 0. The lowest BCUT2D eigenvalue weighted by Gasteiger charge is -2.09. The SMILES string of the molecule is CCCn1c(CC(=O)C2COC(C)C2)nc2ccccc21. The summed E-state index contributed by atoms with van der Waals surface area (Å²) in [6.07, 6.45) is 2.49. The Hall–Kier alpha value is -1.68. The number of nitrogens with zero attached hydrogens (tertiary/aromatic N) is 2. The van der Waals surface area contributed by atoms with Crippen molar-refractivity contribution >= 4 is 16.8 Å². The van der Waals surface area contributed by atoms with Crippen LogP contribution in [-0.4, -0.2) is 28.0 Å². The van der Waals surface area contributed by atoms with Gasteiger partial charge in [0.25, 0.3) is 0 Å². The maximum Gasteiger partial charge on any atom is 0.145 e. The summed E-state index contributed by atoms with van der Waals surface area (Å²) in [6, 6.07) is 8.10. The van der Waals surface area contributed by atoms with Crippen LogP contribution in [0.25, 0.3) is 11.0 Å². The lowest BCUT2D eigenvalue weighted by molar-refractivity contribution is -0.122. The molecule has 1 fully saturated rings. The first-order chi connectivity index (χ1) is 10.2. The summed E-state index contributed by atoms with van der Waals surface area (Å²) in [7, 11) is 0. The maximum atomic E-state index is 12.5. The van der Waals surface area contributed by atoms with Crippen molar-refractivity contribution in [3.05, 3.63) is 30.1 Å². The molecule has 2 heterocycles. The third kappa shape index (κ3) is 2.86. The zero-order valence-corrected chi connectivity index (χ0v) is 12.7. The van der Waals surface area contributed by atoms with Gasteiger partial charge in [-0.1, -0.05) is 19.1 Å². The van der Waals surface area contributed by atoms with Crippen LogP contribution < -0.4 is 0 Å². The van der Waals surface area contributed by atoms with Gasteiger partial charge in [-0.15, -0.1) is 0 Å². The van der Waals surface area contributed by atoms with E-state index in [4.69, 9.17) is 4.74 Å². The number of imidazole rings is 1. The fourth-order valence-corrected chi connectivity index (χ4v) is 3.08. The van der Waals surface area contributed by atoms with Gasteiger partial charge in [-0.05, 0) is 31.9 Å². The highest BCUT2D eigenvalue weighted by Crippen LogP contribution is 2.23. The third-order valence-corrected chi connectivity index (χ3v) is 4.17. The monoisotopic (exact) mass is 286 g/mol. The second kappa shape index (κ2) is 5.98. The van der Waals surface area contributed by atoms with Crippen LogP contribution in [0.3, 0.4) is 0 Å². The van der Waals surface area contributed by atoms with E-state index in [0.29, 0.717) is 13.0 Å². The number of hydrogen-bond acceptors (Lipinski definition) is 3. The molecule has 4 nitrogen and oxygen atoms in total. The van der Waals surface area contributed by atoms with E-state index in [0.717, 1.165) is 36.2 Å². The van der Waals surface area contributed by atoms with E-state index in [1.165, 1.54) is 0 Å². The largest absolute Gasteiger partial charge is 0.378 e. The lowest BCUT2D eigenvalue weighted by atomic mass is 9.98. The molecule has 0 spiro atoms. The van der Waals surface area contributed by atoms with Crippen LogP contribution in [0.4, 0.5) is 0 Å². The summed E-state index contributed by atoms with van der Waals surface area (Å²) in [6.45, 7) is 5.64. The summed E-state index contributed by atoms with van der Waals surface area (Å²) in [4.78, 5) is 17.1. The normalized spacial score (nSPS) is 22.0. The Balaban J connectivity index is 1.85. The summed E-state index contributed by atoms with van der Waals surface area (Å²) in [5.41, 5.74) is 2.10. The van der Waals surface area contributed by atoms with Gasteiger partial charge in [0.15, 0.2) is 0 Å². The number of benzene rings is 1. The Bertz CT molecular complexity index is 647. The molecule has 0 bridgehead atoms. The van der Waals surface area contributed by atoms with Gasteiger partial charge in [-0.25, -0.2) is 4.98 Å². The molecule has 1 aliphatic heterocycles. The van der Waals surface area contributed by atoms with Crippen LogP contribution >= 0.6 is 0 Å². The van der Waals surface area contributed by atoms with Crippen molar-refractivity contribution in [2.75, 3.05) is 6.61 Å². The van der Waals surface area contributed by atoms with Crippen molar-refractivity contribution in [2.45, 2.75) is 45.8 Å². The molecule has 4 heteroatoms. The zero-order chi connectivity index (χ0) is 14.8. The predicted molar refractivity (Wildman–Crippen MR) is 82.3 cm³/mol. The van der Waals surface area contributed by atoms with E-state index >= 15 is 0 Å². The molecule has 0 saturated carbocycles. The van der Waals surface area contributed by atoms with Gasteiger partial charge in [0, 0.05) is 12.5 Å². The first-order valence-corrected chi connectivity index (χ1v) is 7.77. The molecule has 2 unspecified atom stereocenters. The molecule has 1 aliphatic rings. The summed E-state index contributed by atoms with van der Waals surface area (Å²) in [5, 5.41) is 0. The molecule has 1 aromatic heterocycles. The number of rotatable bonds is 5. The Labute approximate surface area is 125 Å². The van der Waals surface area contributed by atoms with Crippen LogP contribution in [0.5, 0.6) is 0 Å². The Morgan fingerprint density at radius 3 is 2.95 bits per heavy atom. The maximum absolute atomic E-state index is 12.5. The highest BCUT2D eigenvalue weighted by Gasteiger charge is 2.29. The minimum atomic E-state index is 0.0369. The molecule has 2 aromatic rings. The second-order valence-corrected chi connectivity index (χ2v) is 5.89. The van der Waals surface area contributed by atoms with E-state index in [2.05, 4.69) is 22.5 Å². The fourth-order valence-electron chi connectivity index (χ4n) is 3.08. The van der Waals surface area contributed by atoms with Gasteiger partial charge in [0.05, 0.1) is 30.2 Å². The van der Waals surface area contributed by atoms with Gasteiger partial charge < -0.3 is 9.30 Å². The van der Waals surface area contributed by atoms with Crippen LogP contribution in [0.15, 0.2) is 24.3 Å². The van der Waals surface area contributed by atoms with Crippen LogP contribution in [0.1, 0.15) is 32.5 Å². The standard InChI is InChI=1S/C17H22N2O2/c1-3-8-19-15-7-5-4-6-14(15)18-17(19)10-16(20)13-9-12(2)21-11-13/h4-7,12-13H,3,8-11H2,1-2H3. The topological polar surface area (TPSA) is 44.1 Å². The third-order valence-electron chi connectivity index (χ3n) is 4.17. The average Bonchev–Trinajstić information content (AvgIpc) is 3.04. The van der Waals surface area contributed by atoms with Crippen molar-refractivity contribution in [3.8, 4) is 0 Å². The van der Waals surface area contributed by atoms with Gasteiger partial charge in [-0.3, -0.25) is 4.79 Å². The molecule has 21 heavy (non-hydrogen) atoms. The van der Waals surface area contributed by atoms with Crippen molar-refractivity contribution in [1.29, 1.82) is 0 Å². The lowest BCUT2D eigenvalue weighted by Crippen LogP contribution is -2.19. The van der Waals surface area contributed by atoms with E-state index in [9.17, 15) is 4.79 Å². The molecule has 0 amide bonds. The van der Waals surface area contributed by atoms with Crippen LogP contribution in [0.2, 0.25) is 0 Å². The highest BCUT2D eigenvalue weighted by molar-refractivity contribution is 5.84. The van der Waals surface area contributed by atoms with Gasteiger partial charge in [0.2, 0.25) is 0 Å². The average molecular weight is 286 g/mol. The number of ketones is 1. The smallest absolute Gasteiger partial charge is 0.145 e. The number of fused-ring (bicyclic) bond motifs is 1. The predicted octanol–water partition coefficient (Wildman–Crippen LogP) is 2.98. The van der Waals surface area contributed by atoms with Crippen LogP contribution in [0, 0.1) is 5.92 Å². The Morgan fingerprint density at radius 1 is 1.43 bits per heavy atom. The fraction of sp³-hybridized carbons (Fsp3) is 0.529. The minimum absolute atomic E-state index is 0.0369. The molecular formula is C17H22N2O2. The molecule has 3 rings (SSSR count). The molecule has 112 valence electrons. The van der Waals surface area contributed by atoms with Gasteiger partial charge in [-0.2, -0.15) is 0 Å². The van der Waals surface area contributed by atoms with Gasteiger partial charge in [0.1, 0.15) is 11.6 Å². The van der Waals surface area contributed by atoms with Gasteiger partial charge >= 0.3 is 0 Å². The number of Topliss-reactive ketones (excluding diaryl/α,β-unsaturated/α-hetero) is 1. The van der Waals surface area contributed by atoms with E-state index in [1.807, 2.05) is 25.1 Å². The molecule has 0 aliphatic carbocycles. The number of aromatic nitrogens is 2. The van der Waals surface area contributed by atoms with E-state index in [1.54, 1.807) is 0 Å². The summed E-state index contributed by atoms with van der Waals surface area (Å²) < 4.78 is 7.70. The molecule has 1 saturated heterocycles. The van der Waals surface area contributed by atoms with E-state index in [-0.39, 0.29) is 17.8 Å². The molecule has 0 N–H and O–H groups in total. The number of carbonyl (C=O) groups is 1. The summed E-state index contributed by atoms with van der Waals surface area (Å²) in [5.74, 6) is 1.18. The molecule has 1 aromatic carbocycles. The van der Waals surface area contributed by atoms with Crippen LogP contribution in [-0.2, 0) is 22.5 Å². The van der Waals surface area contributed by atoms with Crippen molar-refractivity contribution in [1.82, 2.24) is 9.55 Å². The zero-order valence-electron chi connectivity index (χ0n) is 12.7. The minimum Gasteiger partial charge on any atom is -0.378 e. The Kier molecular flexibility index (Phi) is 4.06. The van der Waals surface area contributed by atoms with Crippen molar-refractivity contribution in [3.63, 3.8) is 0 Å². The van der Waals surface area contributed by atoms with Crippen molar-refractivity contribution < 1.29 is 9.53 Å². The second-order valence-electron chi connectivity index (χ2n) is 5.89. The van der Waals surface area contributed by atoms with E-state index < -0.39 is 0 Å². The first kappa shape index (κ1) is 14.3. The molecule has 0 radical (unpaired) electrons.